The lowest BCUT2D eigenvalue weighted by Gasteiger charge is -2.34. The topological polar surface area (TPSA) is 63.6 Å². The molecule has 4 heteroatoms. The molecule has 0 aromatic heterocycles. The van der Waals surface area contributed by atoms with Gasteiger partial charge in [0.2, 0.25) is 0 Å². The highest BCUT2D eigenvalue weighted by Crippen LogP contribution is 2.34. The van der Waals surface area contributed by atoms with Crippen LogP contribution in [0, 0.1) is 0 Å². The SMILES string of the molecule is CCCCCCCCCC(CCCCCCCC)(CCCCCCCC)OC(=O)CCCCCCCCC(=O)O. The van der Waals surface area contributed by atoms with E-state index in [-0.39, 0.29) is 18.0 Å². The maximum atomic E-state index is 13.1. The van der Waals surface area contributed by atoms with Crippen LogP contribution < -0.4 is 0 Å². The molecule has 0 saturated heterocycles. The summed E-state index contributed by atoms with van der Waals surface area (Å²) in [6.45, 7) is 6.81. The number of hydrogen-bond donors (Lipinski definition) is 1. The summed E-state index contributed by atoms with van der Waals surface area (Å²) in [4.78, 5) is 23.8. The summed E-state index contributed by atoms with van der Waals surface area (Å²) in [5, 5.41) is 8.77. The lowest BCUT2D eigenvalue weighted by Crippen LogP contribution is -2.35. The second-order valence-corrected chi connectivity index (χ2v) is 12.6. The van der Waals surface area contributed by atoms with Gasteiger partial charge >= 0.3 is 11.9 Å². The zero-order valence-corrected chi connectivity index (χ0v) is 27.4. The number of carboxylic acid groups (broad SMARTS) is 1. The first-order chi connectivity index (χ1) is 19.5. The summed E-state index contributed by atoms with van der Waals surface area (Å²) in [6.07, 6.45) is 34.1. The molecule has 0 rings (SSSR count). The Morgan fingerprint density at radius 1 is 0.450 bits per heavy atom. The average molecular weight is 567 g/mol. The number of carbonyl (C=O) groups is 2. The van der Waals surface area contributed by atoms with Gasteiger partial charge in [-0.1, -0.05) is 149 Å². The Bertz CT molecular complexity index is 543. The lowest BCUT2D eigenvalue weighted by atomic mass is 9.84. The Hall–Kier alpha value is -1.06. The summed E-state index contributed by atoms with van der Waals surface area (Å²) in [5.74, 6) is -0.685. The maximum Gasteiger partial charge on any atom is 0.306 e. The van der Waals surface area contributed by atoms with Crippen LogP contribution in [0.15, 0.2) is 0 Å². The first kappa shape index (κ1) is 38.9. The quantitative estimate of drug-likeness (QED) is 0.0649. The fourth-order valence-corrected chi connectivity index (χ4v) is 5.93. The number of unbranched alkanes of at least 4 members (excludes halogenated alkanes) is 21. The molecule has 0 atom stereocenters. The van der Waals surface area contributed by atoms with Gasteiger partial charge in [0, 0.05) is 12.8 Å². The Balaban J connectivity index is 4.91. The minimum atomic E-state index is -0.704. The van der Waals surface area contributed by atoms with E-state index in [1.54, 1.807) is 0 Å². The van der Waals surface area contributed by atoms with Gasteiger partial charge in [-0.05, 0) is 51.4 Å². The van der Waals surface area contributed by atoms with Gasteiger partial charge in [-0.25, -0.2) is 0 Å². The van der Waals surface area contributed by atoms with Gasteiger partial charge in [-0.3, -0.25) is 9.59 Å². The van der Waals surface area contributed by atoms with Crippen LogP contribution in [0.4, 0.5) is 0 Å². The predicted molar refractivity (Wildman–Crippen MR) is 172 cm³/mol. The first-order valence-corrected chi connectivity index (χ1v) is 17.9. The number of carboxylic acids is 1. The minimum absolute atomic E-state index is 0.0192. The highest BCUT2D eigenvalue weighted by Gasteiger charge is 2.32. The Morgan fingerprint density at radius 2 is 0.750 bits per heavy atom. The van der Waals surface area contributed by atoms with E-state index >= 15 is 0 Å². The van der Waals surface area contributed by atoms with Crippen molar-refractivity contribution in [3.8, 4) is 0 Å². The molecule has 0 fully saturated rings. The average Bonchev–Trinajstić information content (AvgIpc) is 2.93. The maximum absolute atomic E-state index is 13.1. The van der Waals surface area contributed by atoms with E-state index < -0.39 is 5.97 Å². The molecular weight excluding hydrogens is 496 g/mol. The summed E-state index contributed by atoms with van der Waals surface area (Å²) < 4.78 is 6.51. The molecule has 4 nitrogen and oxygen atoms in total. The van der Waals surface area contributed by atoms with E-state index in [1.807, 2.05) is 0 Å². The molecule has 0 spiro atoms. The summed E-state index contributed by atoms with van der Waals surface area (Å²) in [5.41, 5.74) is -0.257. The minimum Gasteiger partial charge on any atom is -0.481 e. The molecule has 0 aromatic carbocycles. The smallest absolute Gasteiger partial charge is 0.306 e. The number of ether oxygens (including phenoxy) is 1. The zero-order chi connectivity index (χ0) is 29.6. The molecule has 0 aliphatic heterocycles. The molecule has 0 radical (unpaired) electrons. The van der Waals surface area contributed by atoms with Crippen LogP contribution in [0.3, 0.4) is 0 Å². The van der Waals surface area contributed by atoms with Gasteiger partial charge in [0.25, 0.3) is 0 Å². The van der Waals surface area contributed by atoms with Gasteiger partial charge in [0.15, 0.2) is 0 Å². The third-order valence-corrected chi connectivity index (χ3v) is 8.56. The fourth-order valence-electron chi connectivity index (χ4n) is 5.93. The van der Waals surface area contributed by atoms with E-state index in [2.05, 4.69) is 20.8 Å². The van der Waals surface area contributed by atoms with Gasteiger partial charge in [0.05, 0.1) is 0 Å². The molecule has 0 aliphatic carbocycles. The standard InChI is InChI=1S/C36H70O4/c1-4-7-10-13-18-23-28-33-36(31-26-21-14-11-8-5-2,32-27-22-15-12-9-6-3)40-35(39)30-25-20-17-16-19-24-29-34(37)38/h4-33H2,1-3H3,(H,37,38). The van der Waals surface area contributed by atoms with Crippen molar-refractivity contribution in [3.05, 3.63) is 0 Å². The number of hydrogen-bond acceptors (Lipinski definition) is 3. The molecular formula is C36H70O4. The molecule has 0 unspecified atom stereocenters. The molecule has 40 heavy (non-hydrogen) atoms. The van der Waals surface area contributed by atoms with Gasteiger partial charge in [0.1, 0.15) is 5.60 Å². The Kier molecular flexibility index (Phi) is 28.7. The third-order valence-electron chi connectivity index (χ3n) is 8.56. The highest BCUT2D eigenvalue weighted by molar-refractivity contribution is 5.69. The molecule has 0 saturated carbocycles. The van der Waals surface area contributed by atoms with Crippen LogP contribution in [0.2, 0.25) is 0 Å². The lowest BCUT2D eigenvalue weighted by molar-refractivity contribution is -0.163. The number of aliphatic carboxylic acids is 1. The third kappa shape index (κ3) is 25.9. The summed E-state index contributed by atoms with van der Waals surface area (Å²) in [6, 6.07) is 0. The second-order valence-electron chi connectivity index (χ2n) is 12.6. The molecule has 0 aromatic rings. The molecule has 0 aliphatic rings. The fraction of sp³-hybridized carbons (Fsp3) is 0.944. The molecule has 0 heterocycles. The van der Waals surface area contributed by atoms with Crippen LogP contribution >= 0.6 is 0 Å². The molecule has 0 amide bonds. The summed E-state index contributed by atoms with van der Waals surface area (Å²) in [7, 11) is 0. The van der Waals surface area contributed by atoms with Crippen molar-refractivity contribution in [2.45, 2.75) is 219 Å². The van der Waals surface area contributed by atoms with Crippen LogP contribution in [-0.2, 0) is 14.3 Å². The first-order valence-electron chi connectivity index (χ1n) is 17.9. The Morgan fingerprint density at radius 3 is 1.10 bits per heavy atom. The van der Waals surface area contributed by atoms with Crippen molar-refractivity contribution in [2.75, 3.05) is 0 Å². The highest BCUT2D eigenvalue weighted by atomic mass is 16.6. The number of rotatable bonds is 32. The Labute approximate surface area is 250 Å². The number of carbonyl (C=O) groups excluding carboxylic acids is 1. The van der Waals surface area contributed by atoms with Crippen molar-refractivity contribution in [2.24, 2.45) is 0 Å². The van der Waals surface area contributed by atoms with Crippen molar-refractivity contribution in [3.63, 3.8) is 0 Å². The van der Waals surface area contributed by atoms with E-state index in [9.17, 15) is 9.59 Å². The monoisotopic (exact) mass is 567 g/mol. The second kappa shape index (κ2) is 29.4. The van der Waals surface area contributed by atoms with Gasteiger partial charge in [-0.15, -0.1) is 0 Å². The van der Waals surface area contributed by atoms with Crippen molar-refractivity contribution >= 4 is 11.9 Å². The van der Waals surface area contributed by atoms with Crippen LogP contribution in [-0.4, -0.2) is 22.6 Å². The van der Waals surface area contributed by atoms with Gasteiger partial charge in [-0.2, -0.15) is 0 Å². The van der Waals surface area contributed by atoms with Crippen LogP contribution in [0.25, 0.3) is 0 Å². The largest absolute Gasteiger partial charge is 0.481 e. The summed E-state index contributed by atoms with van der Waals surface area (Å²) >= 11 is 0. The van der Waals surface area contributed by atoms with Crippen LogP contribution in [0.1, 0.15) is 213 Å². The van der Waals surface area contributed by atoms with Gasteiger partial charge < -0.3 is 9.84 Å². The molecule has 1 N–H and O–H groups in total. The van der Waals surface area contributed by atoms with Crippen molar-refractivity contribution in [1.82, 2.24) is 0 Å². The predicted octanol–water partition coefficient (Wildman–Crippen LogP) is 12.1. The van der Waals surface area contributed by atoms with Crippen LogP contribution in [0.5, 0.6) is 0 Å². The number of esters is 1. The molecule has 238 valence electrons. The van der Waals surface area contributed by atoms with E-state index in [0.717, 1.165) is 57.8 Å². The molecule has 0 bridgehead atoms. The normalized spacial score (nSPS) is 11.7. The zero-order valence-electron chi connectivity index (χ0n) is 27.4. The van der Waals surface area contributed by atoms with E-state index in [4.69, 9.17) is 9.84 Å². The van der Waals surface area contributed by atoms with E-state index in [0.29, 0.717) is 6.42 Å². The van der Waals surface area contributed by atoms with Crippen molar-refractivity contribution < 1.29 is 19.4 Å². The van der Waals surface area contributed by atoms with E-state index in [1.165, 1.54) is 122 Å². The van der Waals surface area contributed by atoms with Crippen molar-refractivity contribution in [1.29, 1.82) is 0 Å².